The van der Waals surface area contributed by atoms with Gasteiger partial charge >= 0.3 is 11.9 Å². The fourth-order valence-corrected chi connectivity index (χ4v) is 5.43. The molecule has 1 aromatic heterocycles. The Bertz CT molecular complexity index is 1030. The van der Waals surface area contributed by atoms with Crippen molar-refractivity contribution in [1.82, 2.24) is 20.1 Å². The summed E-state index contributed by atoms with van der Waals surface area (Å²) in [6.07, 6.45) is 5.94. The maximum absolute atomic E-state index is 13.0. The summed E-state index contributed by atoms with van der Waals surface area (Å²) in [5.74, 6) is -0.867. The van der Waals surface area contributed by atoms with Crippen LogP contribution in [0.2, 0.25) is 0 Å². The summed E-state index contributed by atoms with van der Waals surface area (Å²) in [6, 6.07) is 14.7. The summed E-state index contributed by atoms with van der Waals surface area (Å²) in [6.45, 7) is 7.01. The van der Waals surface area contributed by atoms with Crippen molar-refractivity contribution in [2.75, 3.05) is 38.5 Å². The molecule has 2 aliphatic heterocycles. The molecule has 198 valence electrons. The normalized spacial score (nSPS) is 20.7. The molecule has 2 fully saturated rings. The highest BCUT2D eigenvalue weighted by Crippen LogP contribution is 2.32. The van der Waals surface area contributed by atoms with Gasteiger partial charge < -0.3 is 15.1 Å². The van der Waals surface area contributed by atoms with E-state index in [-0.39, 0.29) is 17.3 Å². The second kappa shape index (κ2) is 14.5. The zero-order valence-corrected chi connectivity index (χ0v) is 21.7. The first-order valence-corrected chi connectivity index (χ1v) is 13.4. The molecule has 37 heavy (non-hydrogen) atoms. The van der Waals surface area contributed by atoms with Crippen LogP contribution in [0.3, 0.4) is 0 Å². The minimum Gasteiger partial charge on any atom is -0.478 e. The van der Waals surface area contributed by atoms with E-state index in [0.29, 0.717) is 18.1 Å². The van der Waals surface area contributed by atoms with Crippen LogP contribution in [0, 0.1) is 0 Å². The predicted octanol–water partition coefficient (Wildman–Crippen LogP) is 2.83. The number of carbonyl (C=O) groups is 3. The summed E-state index contributed by atoms with van der Waals surface area (Å²) in [7, 11) is 0. The van der Waals surface area contributed by atoms with Gasteiger partial charge in [0.25, 0.3) is 0 Å². The van der Waals surface area contributed by atoms with Crippen molar-refractivity contribution < 1.29 is 24.6 Å². The van der Waals surface area contributed by atoms with Crippen molar-refractivity contribution >= 4 is 29.6 Å². The molecule has 0 bridgehead atoms. The number of pyridine rings is 1. The smallest absolute Gasteiger partial charge is 0.328 e. The Balaban J connectivity index is 0.000000414. The van der Waals surface area contributed by atoms with E-state index in [2.05, 4.69) is 58.5 Å². The van der Waals surface area contributed by atoms with Crippen LogP contribution < -0.4 is 5.32 Å². The number of aliphatic carboxylic acids is 2. The number of nitrogens with zero attached hydrogens (tertiary/aromatic N) is 3. The third-order valence-corrected chi connectivity index (χ3v) is 7.63. The number of carbonyl (C=O) groups excluding carboxylic acids is 1. The third-order valence-electron chi connectivity index (χ3n) is 6.37. The second-order valence-corrected chi connectivity index (χ2v) is 10.1. The fourth-order valence-electron chi connectivity index (χ4n) is 4.22. The monoisotopic (exact) mass is 526 g/mol. The van der Waals surface area contributed by atoms with Crippen molar-refractivity contribution in [3.05, 3.63) is 78.1 Å². The molecule has 0 aliphatic carbocycles. The van der Waals surface area contributed by atoms with E-state index in [1.54, 1.807) is 18.0 Å². The van der Waals surface area contributed by atoms with E-state index in [1.807, 2.05) is 17.2 Å². The highest BCUT2D eigenvalue weighted by atomic mass is 32.2. The minimum absolute atomic E-state index is 0.0881. The molecule has 2 aliphatic rings. The van der Waals surface area contributed by atoms with Gasteiger partial charge in [0.15, 0.2) is 0 Å². The maximum Gasteiger partial charge on any atom is 0.328 e. The quantitative estimate of drug-likeness (QED) is 0.446. The van der Waals surface area contributed by atoms with Crippen LogP contribution in [-0.4, -0.2) is 87.4 Å². The SMILES string of the molecule is CC(CCN1CCN(C(=O)C2CSC(c3cccnc3)N2)CC1)c1ccccc1.O=C(O)/C=C/C(=O)O. The van der Waals surface area contributed by atoms with Crippen LogP contribution in [0.1, 0.15) is 35.8 Å². The Hall–Kier alpha value is -3.21. The van der Waals surface area contributed by atoms with Crippen LogP contribution in [-0.2, 0) is 14.4 Å². The van der Waals surface area contributed by atoms with Gasteiger partial charge in [-0.05, 0) is 36.1 Å². The fraction of sp³-hybridized carbons (Fsp3) is 0.407. The molecule has 4 rings (SSSR count). The highest BCUT2D eigenvalue weighted by Gasteiger charge is 2.34. The van der Waals surface area contributed by atoms with Crippen LogP contribution in [0.4, 0.5) is 0 Å². The van der Waals surface area contributed by atoms with Gasteiger partial charge in [-0.3, -0.25) is 20.0 Å². The van der Waals surface area contributed by atoms with Crippen molar-refractivity contribution in [1.29, 1.82) is 0 Å². The number of carboxylic acids is 2. The molecule has 3 N–H and O–H groups in total. The average molecular weight is 527 g/mol. The summed E-state index contributed by atoms with van der Waals surface area (Å²) >= 11 is 1.80. The van der Waals surface area contributed by atoms with Gasteiger partial charge in [-0.1, -0.05) is 43.3 Å². The van der Waals surface area contributed by atoms with Crippen LogP contribution in [0.5, 0.6) is 0 Å². The Morgan fingerprint density at radius 2 is 1.73 bits per heavy atom. The third kappa shape index (κ3) is 9.31. The number of hydrogen-bond donors (Lipinski definition) is 3. The van der Waals surface area contributed by atoms with Gasteiger partial charge in [0.1, 0.15) is 0 Å². The molecule has 9 nitrogen and oxygen atoms in total. The lowest BCUT2D eigenvalue weighted by molar-refractivity contribution is -0.134. The molecule has 0 radical (unpaired) electrons. The van der Waals surface area contributed by atoms with E-state index >= 15 is 0 Å². The molecule has 2 aromatic rings. The predicted molar refractivity (Wildman–Crippen MR) is 143 cm³/mol. The number of rotatable bonds is 8. The standard InChI is InChI=1S/C23H30N4OS.C4H4O4/c1-18(19-6-3-2-4-7-19)9-11-26-12-14-27(15-13-26)23(28)21-17-29-22(25-21)20-8-5-10-24-16-20;5-3(6)1-2-4(7)8/h2-8,10,16,18,21-22,25H,9,11-15,17H2,1H3;1-2H,(H,5,6)(H,7,8)/b;2-1+. The largest absolute Gasteiger partial charge is 0.478 e. The molecule has 1 aromatic carbocycles. The lowest BCUT2D eigenvalue weighted by Gasteiger charge is -2.36. The second-order valence-electron chi connectivity index (χ2n) is 9.00. The number of carboxylic acid groups (broad SMARTS) is 2. The molecule has 3 heterocycles. The molecule has 3 unspecified atom stereocenters. The maximum atomic E-state index is 13.0. The van der Waals surface area contributed by atoms with Gasteiger partial charge in [-0.15, -0.1) is 11.8 Å². The van der Waals surface area contributed by atoms with Gasteiger partial charge in [0, 0.05) is 56.5 Å². The van der Waals surface area contributed by atoms with Crippen LogP contribution in [0.25, 0.3) is 0 Å². The Morgan fingerprint density at radius 1 is 1.05 bits per heavy atom. The first-order valence-electron chi connectivity index (χ1n) is 12.3. The van der Waals surface area contributed by atoms with Crippen molar-refractivity contribution in [3.63, 3.8) is 0 Å². The number of amides is 1. The topological polar surface area (TPSA) is 123 Å². The van der Waals surface area contributed by atoms with Crippen molar-refractivity contribution in [2.45, 2.75) is 30.7 Å². The molecule has 0 spiro atoms. The number of hydrogen-bond acceptors (Lipinski definition) is 7. The minimum atomic E-state index is -1.26. The van der Waals surface area contributed by atoms with Gasteiger partial charge in [-0.25, -0.2) is 9.59 Å². The molecule has 3 atom stereocenters. The zero-order valence-electron chi connectivity index (χ0n) is 20.9. The van der Waals surface area contributed by atoms with E-state index < -0.39 is 11.9 Å². The van der Waals surface area contributed by atoms with Crippen molar-refractivity contribution in [3.8, 4) is 0 Å². The Labute approximate surface area is 221 Å². The van der Waals surface area contributed by atoms with E-state index in [1.165, 1.54) is 5.56 Å². The van der Waals surface area contributed by atoms with Gasteiger partial charge in [-0.2, -0.15) is 0 Å². The summed E-state index contributed by atoms with van der Waals surface area (Å²) in [5, 5.41) is 19.3. The first-order chi connectivity index (χ1) is 17.8. The Kier molecular flexibility index (Phi) is 11.1. The van der Waals surface area contributed by atoms with E-state index in [4.69, 9.17) is 10.2 Å². The first kappa shape index (κ1) is 28.4. The lowest BCUT2D eigenvalue weighted by atomic mass is 9.97. The lowest BCUT2D eigenvalue weighted by Crippen LogP contribution is -2.53. The van der Waals surface area contributed by atoms with E-state index in [0.717, 1.165) is 50.5 Å². The number of piperazine rings is 1. The average Bonchev–Trinajstić information content (AvgIpc) is 3.42. The zero-order chi connectivity index (χ0) is 26.6. The molecule has 1 amide bonds. The summed E-state index contributed by atoms with van der Waals surface area (Å²) in [5.41, 5.74) is 2.56. The van der Waals surface area contributed by atoms with Gasteiger partial charge in [0.05, 0.1) is 11.4 Å². The Morgan fingerprint density at radius 3 is 2.32 bits per heavy atom. The van der Waals surface area contributed by atoms with Crippen molar-refractivity contribution in [2.24, 2.45) is 0 Å². The molecule has 0 saturated carbocycles. The molecule has 2 saturated heterocycles. The molecular weight excluding hydrogens is 492 g/mol. The van der Waals surface area contributed by atoms with Gasteiger partial charge in [0.2, 0.25) is 5.91 Å². The number of aromatic nitrogens is 1. The number of benzene rings is 1. The molecule has 10 heteroatoms. The molecular formula is C27H34N4O5S. The summed E-state index contributed by atoms with van der Waals surface area (Å²) < 4.78 is 0. The number of nitrogens with one attached hydrogen (secondary N) is 1. The summed E-state index contributed by atoms with van der Waals surface area (Å²) in [4.78, 5) is 40.8. The van der Waals surface area contributed by atoms with E-state index in [9.17, 15) is 14.4 Å². The van der Waals surface area contributed by atoms with Crippen LogP contribution in [0.15, 0.2) is 67.0 Å². The highest BCUT2D eigenvalue weighted by molar-refractivity contribution is 7.99. The number of thioether (sulfide) groups is 1. The van der Waals surface area contributed by atoms with Crippen LogP contribution >= 0.6 is 11.8 Å².